The number of rotatable bonds is 3. The maximum absolute atomic E-state index is 8.98. The zero-order chi connectivity index (χ0) is 12.8. The van der Waals surface area contributed by atoms with E-state index in [4.69, 9.17) is 33.8 Å². The van der Waals surface area contributed by atoms with Gasteiger partial charge in [-0.15, -0.1) is 0 Å². The molecule has 0 unspecified atom stereocenters. The van der Waals surface area contributed by atoms with Crippen LogP contribution in [0.25, 0.3) is 0 Å². The van der Waals surface area contributed by atoms with E-state index >= 15 is 0 Å². The fourth-order valence-corrected chi connectivity index (χ4v) is 1.52. The Labute approximate surface area is 111 Å². The maximum Gasteiger partial charge on any atom is 0.203 e. The van der Waals surface area contributed by atoms with Crippen molar-refractivity contribution < 1.29 is 4.74 Å². The molecule has 0 amide bonds. The van der Waals surface area contributed by atoms with Crippen molar-refractivity contribution in [3.05, 3.63) is 40.6 Å². The molecule has 0 atom stereocenters. The van der Waals surface area contributed by atoms with Gasteiger partial charge in [0.15, 0.2) is 0 Å². The first-order valence-corrected chi connectivity index (χ1v) is 5.59. The van der Waals surface area contributed by atoms with Gasteiger partial charge in [0.05, 0.1) is 7.11 Å². The summed E-state index contributed by atoms with van der Waals surface area (Å²) >= 11 is 10.7. The van der Waals surface area contributed by atoms with Crippen LogP contribution in [0.15, 0.2) is 35.5 Å². The summed E-state index contributed by atoms with van der Waals surface area (Å²) in [7, 11) is 1.44. The van der Waals surface area contributed by atoms with Crippen LogP contribution < -0.4 is 5.32 Å². The van der Waals surface area contributed by atoms with Crippen molar-refractivity contribution in [2.75, 3.05) is 12.4 Å². The third-order valence-electron chi connectivity index (χ3n) is 2.05. The molecule has 0 aliphatic carbocycles. The van der Waals surface area contributed by atoms with Gasteiger partial charge in [-0.05, 0) is 43.4 Å². The molecule has 3 nitrogen and oxygen atoms in total. The molecule has 1 rings (SSSR count). The van der Waals surface area contributed by atoms with Crippen molar-refractivity contribution in [1.82, 2.24) is 0 Å². The molecule has 0 bridgehead atoms. The van der Waals surface area contributed by atoms with Gasteiger partial charge in [-0.2, -0.15) is 5.26 Å². The second-order valence-electron chi connectivity index (χ2n) is 3.24. The zero-order valence-corrected chi connectivity index (χ0v) is 11.0. The molecule has 0 aliphatic heterocycles. The molecule has 0 saturated heterocycles. The first kappa shape index (κ1) is 13.5. The van der Waals surface area contributed by atoms with E-state index in [0.717, 1.165) is 5.69 Å². The Morgan fingerprint density at radius 2 is 2.00 bits per heavy atom. The molecule has 5 heteroatoms. The molecule has 0 spiro atoms. The number of anilines is 1. The fraction of sp³-hybridized carbons (Fsp3) is 0.167. The molecular weight excluding hydrogens is 256 g/mol. The van der Waals surface area contributed by atoms with Crippen LogP contribution in [-0.2, 0) is 4.74 Å². The minimum absolute atomic E-state index is 0.173. The van der Waals surface area contributed by atoms with E-state index in [1.54, 1.807) is 19.1 Å². The van der Waals surface area contributed by atoms with Gasteiger partial charge in [0, 0.05) is 16.4 Å². The Morgan fingerprint density at radius 1 is 1.41 bits per heavy atom. The number of nitrogens with one attached hydrogen (secondary N) is 1. The lowest BCUT2D eigenvalue weighted by atomic mass is 10.2. The number of ether oxygens (including phenoxy) is 1. The molecular formula is C12H11ClN2OS. The Bertz CT molecular complexity index is 488. The van der Waals surface area contributed by atoms with Gasteiger partial charge >= 0.3 is 0 Å². The average Bonchev–Trinajstić information content (AvgIpc) is 2.32. The summed E-state index contributed by atoms with van der Waals surface area (Å²) in [6.07, 6.45) is 0. The summed E-state index contributed by atoms with van der Waals surface area (Å²) in [6.45, 7) is 1.76. The number of nitrogens with zero attached hydrogens (tertiary/aromatic N) is 1. The van der Waals surface area contributed by atoms with E-state index in [9.17, 15) is 0 Å². The molecule has 0 aromatic heterocycles. The summed E-state index contributed by atoms with van der Waals surface area (Å²) in [6, 6.07) is 9.16. The predicted molar refractivity (Wildman–Crippen MR) is 73.0 cm³/mol. The monoisotopic (exact) mass is 266 g/mol. The SMILES string of the molecule is COC(=S)C(C#N)=C(C)Nc1ccc(Cl)cc1. The zero-order valence-electron chi connectivity index (χ0n) is 9.45. The molecule has 0 heterocycles. The highest BCUT2D eigenvalue weighted by molar-refractivity contribution is 7.80. The second-order valence-corrected chi connectivity index (χ2v) is 4.04. The quantitative estimate of drug-likeness (QED) is 0.516. The summed E-state index contributed by atoms with van der Waals surface area (Å²) in [5.74, 6) is 0. The Hall–Kier alpha value is -1.57. The lowest BCUT2D eigenvalue weighted by Crippen LogP contribution is -2.07. The van der Waals surface area contributed by atoms with Crippen molar-refractivity contribution in [3.63, 3.8) is 0 Å². The number of hydrogen-bond acceptors (Lipinski definition) is 4. The standard InChI is InChI=1S/C12H11ClN2OS/c1-8(11(7-14)12(17)16-2)15-10-5-3-9(13)4-6-10/h3-6,15H,1-2H3. The van der Waals surface area contributed by atoms with E-state index in [2.05, 4.69) is 5.32 Å². The molecule has 1 N–H and O–H groups in total. The molecule has 1 aromatic carbocycles. The lowest BCUT2D eigenvalue weighted by Gasteiger charge is -2.09. The normalized spacial score (nSPS) is 11.2. The lowest BCUT2D eigenvalue weighted by molar-refractivity contribution is 0.415. The van der Waals surface area contributed by atoms with Gasteiger partial charge in [-0.25, -0.2) is 0 Å². The van der Waals surface area contributed by atoms with Crippen LogP contribution in [0.2, 0.25) is 5.02 Å². The van der Waals surface area contributed by atoms with Crippen LogP contribution in [0.1, 0.15) is 6.92 Å². The fourth-order valence-electron chi connectivity index (χ4n) is 1.20. The molecule has 0 saturated carbocycles. The summed E-state index contributed by atoms with van der Waals surface area (Å²) in [5.41, 5.74) is 1.79. The first-order valence-electron chi connectivity index (χ1n) is 4.80. The second kappa shape index (κ2) is 6.24. The van der Waals surface area contributed by atoms with Gasteiger partial charge in [-0.3, -0.25) is 0 Å². The molecule has 0 aliphatic rings. The van der Waals surface area contributed by atoms with Gasteiger partial charge in [0.2, 0.25) is 5.05 Å². The summed E-state index contributed by atoms with van der Waals surface area (Å²) in [4.78, 5) is 0. The van der Waals surface area contributed by atoms with Crippen LogP contribution in [0, 0.1) is 11.3 Å². The van der Waals surface area contributed by atoms with Gasteiger partial charge < -0.3 is 10.1 Å². The van der Waals surface area contributed by atoms with Crippen molar-refractivity contribution in [2.45, 2.75) is 6.92 Å². The number of methoxy groups -OCH3 is 1. The molecule has 1 aromatic rings. The Morgan fingerprint density at radius 3 is 2.47 bits per heavy atom. The van der Waals surface area contributed by atoms with Crippen molar-refractivity contribution in [1.29, 1.82) is 5.26 Å². The van der Waals surface area contributed by atoms with Gasteiger partial charge in [0.1, 0.15) is 11.6 Å². The number of hydrogen-bond donors (Lipinski definition) is 1. The molecule has 88 valence electrons. The topological polar surface area (TPSA) is 45.0 Å². The Balaban J connectivity index is 2.94. The van der Waals surface area contributed by atoms with E-state index in [0.29, 0.717) is 16.3 Å². The van der Waals surface area contributed by atoms with E-state index < -0.39 is 0 Å². The third kappa shape index (κ3) is 3.74. The first-order chi connectivity index (χ1) is 8.08. The maximum atomic E-state index is 8.98. The van der Waals surface area contributed by atoms with Crippen molar-refractivity contribution in [2.24, 2.45) is 0 Å². The molecule has 0 radical (unpaired) electrons. The van der Waals surface area contributed by atoms with Crippen LogP contribution >= 0.6 is 23.8 Å². The van der Waals surface area contributed by atoms with Crippen LogP contribution in [-0.4, -0.2) is 12.2 Å². The van der Waals surface area contributed by atoms with Crippen molar-refractivity contribution >= 4 is 34.6 Å². The van der Waals surface area contributed by atoms with Gasteiger partial charge in [0.25, 0.3) is 0 Å². The number of thiocarbonyl (C=S) groups is 1. The number of benzene rings is 1. The van der Waals surface area contributed by atoms with E-state index in [-0.39, 0.29) is 5.05 Å². The van der Waals surface area contributed by atoms with E-state index in [1.807, 2.05) is 18.2 Å². The molecule has 0 fully saturated rings. The number of allylic oxidation sites excluding steroid dienone is 1. The highest BCUT2D eigenvalue weighted by Gasteiger charge is 2.08. The minimum Gasteiger partial charge on any atom is -0.486 e. The highest BCUT2D eigenvalue weighted by atomic mass is 35.5. The predicted octanol–water partition coefficient (Wildman–Crippen LogP) is 3.52. The van der Waals surface area contributed by atoms with Crippen LogP contribution in [0.3, 0.4) is 0 Å². The van der Waals surface area contributed by atoms with Gasteiger partial charge in [-0.1, -0.05) is 11.6 Å². The largest absolute Gasteiger partial charge is 0.486 e. The van der Waals surface area contributed by atoms with Crippen LogP contribution in [0.4, 0.5) is 5.69 Å². The molecule has 17 heavy (non-hydrogen) atoms. The third-order valence-corrected chi connectivity index (χ3v) is 2.68. The number of halogens is 1. The van der Waals surface area contributed by atoms with E-state index in [1.165, 1.54) is 7.11 Å². The number of nitriles is 1. The summed E-state index contributed by atoms with van der Waals surface area (Å²) in [5, 5.41) is 12.9. The highest BCUT2D eigenvalue weighted by Crippen LogP contribution is 2.16. The minimum atomic E-state index is 0.173. The average molecular weight is 267 g/mol. The van der Waals surface area contributed by atoms with Crippen LogP contribution in [0.5, 0.6) is 0 Å². The van der Waals surface area contributed by atoms with Crippen molar-refractivity contribution in [3.8, 4) is 6.07 Å². The Kier molecular flexibility index (Phi) is 4.95. The smallest absolute Gasteiger partial charge is 0.203 e. The summed E-state index contributed by atoms with van der Waals surface area (Å²) < 4.78 is 4.87.